The number of aliphatic hydroxyl groups excluding tert-OH is 1. The molecule has 33 heavy (non-hydrogen) atoms. The molecule has 0 bridgehead atoms. The van der Waals surface area contributed by atoms with Crippen LogP contribution in [0, 0.1) is 0 Å². The number of carbonyl (C=O) groups excluding carboxylic acids is 1. The molecule has 0 aliphatic carbocycles. The van der Waals surface area contributed by atoms with E-state index < -0.39 is 5.54 Å². The molecule has 0 spiro atoms. The zero-order valence-electron chi connectivity index (χ0n) is 18.8. The third-order valence-corrected chi connectivity index (χ3v) is 5.09. The van der Waals surface area contributed by atoms with Crippen LogP contribution in [0.15, 0.2) is 58.6 Å². The Morgan fingerprint density at radius 1 is 1.27 bits per heavy atom. The van der Waals surface area contributed by atoms with Crippen molar-refractivity contribution in [3.63, 3.8) is 0 Å². The van der Waals surface area contributed by atoms with Crippen LogP contribution in [0.2, 0.25) is 0 Å². The molecule has 10 heteroatoms. The molecule has 0 saturated carbocycles. The van der Waals surface area contributed by atoms with Gasteiger partial charge >= 0.3 is 0 Å². The van der Waals surface area contributed by atoms with E-state index in [1.54, 1.807) is 31.2 Å². The minimum absolute atomic E-state index is 0.0752. The van der Waals surface area contributed by atoms with E-state index in [-0.39, 0.29) is 32.1 Å². The summed E-state index contributed by atoms with van der Waals surface area (Å²) >= 11 is 0. The lowest BCUT2D eigenvalue weighted by molar-refractivity contribution is -0.130. The summed E-state index contributed by atoms with van der Waals surface area (Å²) in [6, 6.07) is 14.8. The smallest absolute Gasteiger partial charge is 0.266 e. The number of benzene rings is 2. The summed E-state index contributed by atoms with van der Waals surface area (Å²) < 4.78 is 11.5. The quantitative estimate of drug-likeness (QED) is 0.178. The molecule has 1 heterocycles. The van der Waals surface area contributed by atoms with Gasteiger partial charge in [0.05, 0.1) is 13.2 Å². The average Bonchev–Trinajstić information content (AvgIpc) is 3.24. The lowest BCUT2D eigenvalue weighted by Crippen LogP contribution is -2.52. The number of hydrogen-bond acceptors (Lipinski definition) is 7. The van der Waals surface area contributed by atoms with E-state index in [1.807, 2.05) is 36.4 Å². The number of ether oxygens (including phenoxy) is 2. The zero-order chi connectivity index (χ0) is 23.7. The van der Waals surface area contributed by atoms with Crippen LogP contribution in [0.4, 0.5) is 0 Å². The van der Waals surface area contributed by atoms with Crippen molar-refractivity contribution in [2.75, 3.05) is 33.9 Å². The summed E-state index contributed by atoms with van der Waals surface area (Å²) in [6.45, 7) is 0.766. The van der Waals surface area contributed by atoms with Crippen LogP contribution in [0.25, 0.3) is 10.4 Å². The van der Waals surface area contributed by atoms with Gasteiger partial charge in [0.2, 0.25) is 5.90 Å². The van der Waals surface area contributed by atoms with Crippen molar-refractivity contribution in [3.8, 4) is 5.75 Å². The van der Waals surface area contributed by atoms with Gasteiger partial charge in [0.1, 0.15) is 12.4 Å². The third kappa shape index (κ3) is 6.23. The first-order valence-electron chi connectivity index (χ1n) is 10.6. The minimum atomic E-state index is -1.18. The van der Waals surface area contributed by atoms with Gasteiger partial charge in [-0.1, -0.05) is 29.4 Å². The maximum atomic E-state index is 13.2. The van der Waals surface area contributed by atoms with E-state index in [2.05, 4.69) is 15.5 Å². The lowest BCUT2D eigenvalue weighted by Gasteiger charge is -2.26. The summed E-state index contributed by atoms with van der Waals surface area (Å²) in [5.41, 5.74) is 12.8. The number of hydrogen-bond donors (Lipinski definition) is 2. The van der Waals surface area contributed by atoms with Gasteiger partial charge in [-0.15, -0.1) is 0 Å². The predicted molar refractivity (Wildman–Crippen MR) is 124 cm³/mol. The number of hydrazine groups is 1. The number of carbonyl (C=O) groups is 1. The lowest BCUT2D eigenvalue weighted by atomic mass is 9.89. The molecule has 174 valence electrons. The second-order valence-electron chi connectivity index (χ2n) is 7.86. The number of aliphatic hydroxyl groups is 1. The van der Waals surface area contributed by atoms with Crippen LogP contribution >= 0.6 is 0 Å². The second kappa shape index (κ2) is 11.3. The Morgan fingerprint density at radius 2 is 2.00 bits per heavy atom. The Morgan fingerprint density at radius 3 is 2.67 bits per heavy atom. The Bertz CT molecular complexity index is 1030. The molecule has 1 amide bonds. The largest absolute Gasteiger partial charge is 0.494 e. The SMILES string of the molecule is CN(C)NC(=O)[C@]1(Cc2ccccc2CN=[N+]=[N-])COC(c2ccc(OCCCO)cc2)=N1. The fourth-order valence-electron chi connectivity index (χ4n) is 3.44. The van der Waals surface area contributed by atoms with Gasteiger partial charge in [-0.25, -0.2) is 10.0 Å². The van der Waals surface area contributed by atoms with E-state index in [9.17, 15) is 4.79 Å². The van der Waals surface area contributed by atoms with E-state index in [0.29, 0.717) is 24.7 Å². The maximum absolute atomic E-state index is 13.2. The molecule has 0 radical (unpaired) electrons. The van der Waals surface area contributed by atoms with Crippen molar-refractivity contribution in [1.29, 1.82) is 0 Å². The molecule has 1 aliphatic rings. The van der Waals surface area contributed by atoms with Crippen LogP contribution in [0.1, 0.15) is 23.1 Å². The van der Waals surface area contributed by atoms with Gasteiger partial charge < -0.3 is 14.6 Å². The molecule has 2 aromatic carbocycles. The number of nitrogens with one attached hydrogen (secondary N) is 1. The maximum Gasteiger partial charge on any atom is 0.266 e. The van der Waals surface area contributed by atoms with Crippen molar-refractivity contribution < 1.29 is 19.4 Å². The fourth-order valence-corrected chi connectivity index (χ4v) is 3.44. The highest BCUT2D eigenvalue weighted by molar-refractivity contribution is 6.00. The summed E-state index contributed by atoms with van der Waals surface area (Å²) in [5.74, 6) is 0.762. The third-order valence-electron chi connectivity index (χ3n) is 5.09. The molecule has 2 aromatic rings. The molecule has 10 nitrogen and oxygen atoms in total. The first kappa shape index (κ1) is 24.1. The zero-order valence-corrected chi connectivity index (χ0v) is 18.8. The van der Waals surface area contributed by atoms with Crippen molar-refractivity contribution in [2.45, 2.75) is 24.9 Å². The predicted octanol–water partition coefficient (Wildman–Crippen LogP) is 2.61. The van der Waals surface area contributed by atoms with Crippen molar-refractivity contribution in [2.24, 2.45) is 10.1 Å². The molecule has 0 aromatic heterocycles. The summed E-state index contributed by atoms with van der Waals surface area (Å²) in [5, 5.41) is 14.1. The van der Waals surface area contributed by atoms with Crippen molar-refractivity contribution in [3.05, 3.63) is 75.7 Å². The second-order valence-corrected chi connectivity index (χ2v) is 7.86. The van der Waals surface area contributed by atoms with Crippen LogP contribution in [0.3, 0.4) is 0 Å². The molecule has 1 aliphatic heterocycles. The Hall–Kier alpha value is -3.59. The molecule has 0 saturated heterocycles. The number of azide groups is 1. The fraction of sp³-hybridized carbons (Fsp3) is 0.391. The number of nitrogens with zero attached hydrogens (tertiary/aromatic N) is 5. The van der Waals surface area contributed by atoms with Crippen LogP contribution in [-0.4, -0.2) is 61.4 Å². The van der Waals surface area contributed by atoms with Gasteiger partial charge in [0.25, 0.3) is 5.91 Å². The molecular weight excluding hydrogens is 424 g/mol. The minimum Gasteiger partial charge on any atom is -0.494 e. The van der Waals surface area contributed by atoms with E-state index in [0.717, 1.165) is 16.7 Å². The highest BCUT2D eigenvalue weighted by Crippen LogP contribution is 2.29. The summed E-state index contributed by atoms with van der Waals surface area (Å²) in [6.07, 6.45) is 0.845. The Labute approximate surface area is 192 Å². The topological polar surface area (TPSA) is 132 Å². The number of rotatable bonds is 11. The number of aliphatic imine (C=N–C) groups is 1. The van der Waals surface area contributed by atoms with Gasteiger partial charge in [0, 0.05) is 44.0 Å². The van der Waals surface area contributed by atoms with Crippen molar-refractivity contribution >= 4 is 11.8 Å². The molecule has 1 atom stereocenters. The first-order chi connectivity index (χ1) is 16.0. The summed E-state index contributed by atoms with van der Waals surface area (Å²) in [7, 11) is 3.47. The molecule has 2 N–H and O–H groups in total. The van der Waals surface area contributed by atoms with Crippen LogP contribution in [0.5, 0.6) is 5.75 Å². The Kier molecular flexibility index (Phi) is 8.26. The summed E-state index contributed by atoms with van der Waals surface area (Å²) in [4.78, 5) is 20.8. The Balaban J connectivity index is 1.89. The van der Waals surface area contributed by atoms with E-state index in [4.69, 9.17) is 25.1 Å². The monoisotopic (exact) mass is 452 g/mol. The normalized spacial score (nSPS) is 17.2. The highest BCUT2D eigenvalue weighted by Gasteiger charge is 2.45. The average molecular weight is 453 g/mol. The van der Waals surface area contributed by atoms with Crippen LogP contribution < -0.4 is 10.2 Å². The van der Waals surface area contributed by atoms with Crippen molar-refractivity contribution in [1.82, 2.24) is 10.4 Å². The molecule has 0 unspecified atom stereocenters. The standard InChI is InChI=1S/C23H28N6O4/c1-29(2)27-22(31)23(14-18-6-3-4-7-19(18)15-25-28-24)16-33-21(26-23)17-8-10-20(11-9-17)32-13-5-12-30/h3-4,6-11,30H,5,12-16H2,1-2H3,(H,27,31)/t23-/m0/s1. The van der Waals surface area contributed by atoms with E-state index in [1.165, 1.54) is 0 Å². The molecule has 3 rings (SSSR count). The van der Waals surface area contributed by atoms with Crippen LogP contribution in [-0.2, 0) is 22.5 Å². The van der Waals surface area contributed by atoms with E-state index >= 15 is 0 Å². The highest BCUT2D eigenvalue weighted by atomic mass is 16.5. The number of amides is 1. The van der Waals surface area contributed by atoms with Gasteiger partial charge in [0.15, 0.2) is 5.54 Å². The molecular formula is C23H28N6O4. The van der Waals surface area contributed by atoms with Gasteiger partial charge in [-0.05, 0) is 40.9 Å². The first-order valence-corrected chi connectivity index (χ1v) is 10.6. The van der Waals surface area contributed by atoms with Gasteiger partial charge in [-0.2, -0.15) is 0 Å². The van der Waals surface area contributed by atoms with Gasteiger partial charge in [-0.3, -0.25) is 10.2 Å². The molecule has 0 fully saturated rings.